The molecular formula is C9H10ClNO. The first-order valence-electron chi connectivity index (χ1n) is 3.51. The average Bonchev–Trinajstić information content (AvgIpc) is 2.03. The molecule has 12 heavy (non-hydrogen) atoms. The van der Waals surface area contributed by atoms with Crippen LogP contribution in [0.5, 0.6) is 5.75 Å². The predicted octanol–water partition coefficient (Wildman–Crippen LogP) is 2.23. The highest BCUT2D eigenvalue weighted by molar-refractivity contribution is 6.30. The topological polar surface area (TPSA) is 46.2 Å². The molecule has 0 aliphatic heterocycles. The largest absolute Gasteiger partial charge is 0.508 e. The molecule has 0 heterocycles. The molecule has 0 aliphatic carbocycles. The van der Waals surface area contributed by atoms with Crippen LogP contribution in [0.15, 0.2) is 30.9 Å². The maximum atomic E-state index is 9.38. The lowest BCUT2D eigenvalue weighted by Crippen LogP contribution is -2.06. The van der Waals surface area contributed by atoms with E-state index in [1.807, 2.05) is 0 Å². The van der Waals surface area contributed by atoms with E-state index in [0.29, 0.717) is 10.6 Å². The summed E-state index contributed by atoms with van der Waals surface area (Å²) in [5.74, 6) is 0.106. The van der Waals surface area contributed by atoms with Crippen molar-refractivity contribution < 1.29 is 5.11 Å². The minimum absolute atomic E-state index is 0.106. The van der Waals surface area contributed by atoms with E-state index in [2.05, 4.69) is 6.58 Å². The minimum atomic E-state index is -0.345. The highest BCUT2D eigenvalue weighted by atomic mass is 35.5. The molecule has 3 heteroatoms. The fourth-order valence-electron chi connectivity index (χ4n) is 0.926. The van der Waals surface area contributed by atoms with Crippen LogP contribution in [-0.4, -0.2) is 5.11 Å². The van der Waals surface area contributed by atoms with Crippen LogP contribution in [0.4, 0.5) is 0 Å². The third-order valence-corrected chi connectivity index (χ3v) is 1.84. The lowest BCUT2D eigenvalue weighted by atomic mass is 10.1. The fraction of sp³-hybridized carbons (Fsp3) is 0.111. The van der Waals surface area contributed by atoms with Crippen molar-refractivity contribution in [2.24, 2.45) is 5.73 Å². The van der Waals surface area contributed by atoms with Gasteiger partial charge in [0.05, 0.1) is 6.04 Å². The summed E-state index contributed by atoms with van der Waals surface area (Å²) in [5, 5.41) is 9.87. The molecule has 64 valence electrons. The molecule has 2 nitrogen and oxygen atoms in total. The third-order valence-electron chi connectivity index (χ3n) is 1.61. The Morgan fingerprint density at radius 3 is 2.75 bits per heavy atom. The molecule has 1 atom stereocenters. The highest BCUT2D eigenvalue weighted by Crippen LogP contribution is 2.26. The lowest BCUT2D eigenvalue weighted by Gasteiger charge is -2.08. The van der Waals surface area contributed by atoms with Gasteiger partial charge < -0.3 is 10.8 Å². The number of halogens is 1. The van der Waals surface area contributed by atoms with Crippen molar-refractivity contribution >= 4 is 11.6 Å². The molecule has 0 aromatic heterocycles. The Hall–Kier alpha value is -0.990. The summed E-state index contributed by atoms with van der Waals surface area (Å²) < 4.78 is 0. The molecule has 1 aromatic rings. The Kier molecular flexibility index (Phi) is 2.74. The summed E-state index contributed by atoms with van der Waals surface area (Å²) in [5.41, 5.74) is 6.26. The van der Waals surface area contributed by atoms with Crippen molar-refractivity contribution in [3.05, 3.63) is 41.4 Å². The Labute approximate surface area is 76.3 Å². The SMILES string of the molecule is C=CC(N)c1ccc(Cl)cc1O. The van der Waals surface area contributed by atoms with Crippen molar-refractivity contribution in [3.63, 3.8) is 0 Å². The Morgan fingerprint density at radius 2 is 2.25 bits per heavy atom. The van der Waals surface area contributed by atoms with Crippen molar-refractivity contribution in [1.29, 1.82) is 0 Å². The van der Waals surface area contributed by atoms with Crippen LogP contribution < -0.4 is 5.73 Å². The quantitative estimate of drug-likeness (QED) is 0.691. The summed E-state index contributed by atoms with van der Waals surface area (Å²) in [4.78, 5) is 0. The van der Waals surface area contributed by atoms with Crippen LogP contribution >= 0.6 is 11.6 Å². The molecule has 1 rings (SSSR count). The molecular weight excluding hydrogens is 174 g/mol. The van der Waals surface area contributed by atoms with Crippen LogP contribution in [-0.2, 0) is 0 Å². The summed E-state index contributed by atoms with van der Waals surface area (Å²) >= 11 is 5.64. The maximum Gasteiger partial charge on any atom is 0.122 e. The summed E-state index contributed by atoms with van der Waals surface area (Å²) in [7, 11) is 0. The minimum Gasteiger partial charge on any atom is -0.508 e. The smallest absolute Gasteiger partial charge is 0.122 e. The van der Waals surface area contributed by atoms with Gasteiger partial charge in [0.25, 0.3) is 0 Å². The molecule has 0 saturated carbocycles. The Balaban J connectivity index is 3.09. The van der Waals surface area contributed by atoms with Crippen LogP contribution in [0.25, 0.3) is 0 Å². The summed E-state index contributed by atoms with van der Waals surface area (Å²) in [6.45, 7) is 3.53. The van der Waals surface area contributed by atoms with E-state index in [9.17, 15) is 5.11 Å². The molecule has 0 spiro atoms. The first kappa shape index (κ1) is 9.10. The van der Waals surface area contributed by atoms with Gasteiger partial charge in [-0.15, -0.1) is 6.58 Å². The summed E-state index contributed by atoms with van der Waals surface area (Å²) in [6.07, 6.45) is 1.56. The molecule has 0 radical (unpaired) electrons. The van der Waals surface area contributed by atoms with E-state index in [0.717, 1.165) is 0 Å². The first-order valence-corrected chi connectivity index (χ1v) is 3.89. The van der Waals surface area contributed by atoms with Crippen LogP contribution in [0.2, 0.25) is 5.02 Å². The molecule has 3 N–H and O–H groups in total. The van der Waals surface area contributed by atoms with Crippen LogP contribution in [0.3, 0.4) is 0 Å². The molecule has 1 unspecified atom stereocenters. The number of hydrogen-bond acceptors (Lipinski definition) is 2. The zero-order valence-electron chi connectivity index (χ0n) is 6.50. The van der Waals surface area contributed by atoms with Gasteiger partial charge in [-0.05, 0) is 12.1 Å². The Bertz CT molecular complexity index is 299. The molecule has 0 saturated heterocycles. The number of nitrogens with two attached hydrogens (primary N) is 1. The molecule has 0 bridgehead atoms. The number of phenols is 1. The van der Waals surface area contributed by atoms with Crippen LogP contribution in [0.1, 0.15) is 11.6 Å². The number of benzene rings is 1. The molecule has 1 aromatic carbocycles. The number of aromatic hydroxyl groups is 1. The van der Waals surface area contributed by atoms with E-state index in [1.165, 1.54) is 6.07 Å². The fourth-order valence-corrected chi connectivity index (χ4v) is 1.09. The third kappa shape index (κ3) is 1.78. The molecule has 0 aliphatic rings. The first-order chi connectivity index (χ1) is 5.65. The second-order valence-corrected chi connectivity index (χ2v) is 2.90. The monoisotopic (exact) mass is 183 g/mol. The number of rotatable bonds is 2. The van der Waals surface area contributed by atoms with Crippen LogP contribution in [0, 0.1) is 0 Å². The predicted molar refractivity (Wildman–Crippen MR) is 50.2 cm³/mol. The average molecular weight is 184 g/mol. The van der Waals surface area contributed by atoms with Crippen molar-refractivity contribution in [2.75, 3.05) is 0 Å². The van der Waals surface area contributed by atoms with Gasteiger partial charge in [-0.25, -0.2) is 0 Å². The second kappa shape index (κ2) is 3.61. The lowest BCUT2D eigenvalue weighted by molar-refractivity contribution is 0.466. The van der Waals surface area contributed by atoms with Gasteiger partial charge in [0.15, 0.2) is 0 Å². The van der Waals surface area contributed by atoms with Crippen molar-refractivity contribution in [1.82, 2.24) is 0 Å². The Morgan fingerprint density at radius 1 is 1.58 bits per heavy atom. The van der Waals surface area contributed by atoms with Gasteiger partial charge in [-0.3, -0.25) is 0 Å². The van der Waals surface area contributed by atoms with Gasteiger partial charge in [0.1, 0.15) is 5.75 Å². The molecule has 0 amide bonds. The number of phenolic OH excluding ortho intramolecular Hbond substituents is 1. The standard InChI is InChI=1S/C9H10ClNO/c1-2-8(11)7-4-3-6(10)5-9(7)12/h2-5,8,12H,1,11H2. The summed E-state index contributed by atoms with van der Waals surface area (Å²) in [6, 6.07) is 4.48. The van der Waals surface area contributed by atoms with E-state index in [-0.39, 0.29) is 11.8 Å². The second-order valence-electron chi connectivity index (χ2n) is 2.46. The van der Waals surface area contributed by atoms with E-state index in [1.54, 1.807) is 18.2 Å². The van der Waals surface area contributed by atoms with E-state index >= 15 is 0 Å². The van der Waals surface area contributed by atoms with Gasteiger partial charge in [0.2, 0.25) is 0 Å². The van der Waals surface area contributed by atoms with Crippen molar-refractivity contribution in [3.8, 4) is 5.75 Å². The molecule has 0 fully saturated rings. The zero-order valence-corrected chi connectivity index (χ0v) is 7.25. The van der Waals surface area contributed by atoms with Gasteiger partial charge in [0, 0.05) is 10.6 Å². The highest BCUT2D eigenvalue weighted by Gasteiger charge is 2.06. The zero-order chi connectivity index (χ0) is 9.14. The van der Waals surface area contributed by atoms with Crippen molar-refractivity contribution in [2.45, 2.75) is 6.04 Å². The number of hydrogen-bond donors (Lipinski definition) is 2. The van der Waals surface area contributed by atoms with Gasteiger partial charge in [-0.1, -0.05) is 23.7 Å². The maximum absolute atomic E-state index is 9.38. The van der Waals surface area contributed by atoms with Gasteiger partial charge in [-0.2, -0.15) is 0 Å². The van der Waals surface area contributed by atoms with E-state index in [4.69, 9.17) is 17.3 Å². The van der Waals surface area contributed by atoms with E-state index < -0.39 is 0 Å². The van der Waals surface area contributed by atoms with Gasteiger partial charge >= 0.3 is 0 Å². The normalized spacial score (nSPS) is 12.5.